The van der Waals surface area contributed by atoms with Gasteiger partial charge in [0.25, 0.3) is 0 Å². The highest BCUT2D eigenvalue weighted by atomic mass is 19.1. The van der Waals surface area contributed by atoms with Crippen LogP contribution in [0.2, 0.25) is 0 Å². The molecule has 1 unspecified atom stereocenters. The molecular weight excluding hydrogens is 273 g/mol. The van der Waals surface area contributed by atoms with Crippen LogP contribution in [0.4, 0.5) is 10.2 Å². The van der Waals surface area contributed by atoms with Gasteiger partial charge in [-0.2, -0.15) is 0 Å². The number of nitrogens with two attached hydrogens (primary N) is 1. The second-order valence-electron chi connectivity index (χ2n) is 4.94. The van der Waals surface area contributed by atoms with Crippen molar-refractivity contribution in [3.8, 4) is 0 Å². The van der Waals surface area contributed by atoms with Crippen molar-refractivity contribution in [2.24, 2.45) is 0 Å². The molecule has 0 saturated carbocycles. The Morgan fingerprint density at radius 1 is 1.43 bits per heavy atom. The number of imidazole rings is 1. The van der Waals surface area contributed by atoms with Gasteiger partial charge in [-0.1, -0.05) is 12.1 Å². The molecule has 0 aliphatic rings. The van der Waals surface area contributed by atoms with Crippen molar-refractivity contribution >= 4 is 11.8 Å². The first-order chi connectivity index (χ1) is 9.86. The number of benzene rings is 1. The van der Waals surface area contributed by atoms with Gasteiger partial charge in [0.15, 0.2) is 5.69 Å². The Kier molecular flexibility index (Phi) is 3.97. The molecule has 0 fully saturated rings. The van der Waals surface area contributed by atoms with Gasteiger partial charge < -0.3 is 15.0 Å². The summed E-state index contributed by atoms with van der Waals surface area (Å²) in [6, 6.07) is 4.77. The van der Waals surface area contributed by atoms with E-state index in [1.807, 2.05) is 13.0 Å². The quantitative estimate of drug-likeness (QED) is 0.882. The van der Waals surface area contributed by atoms with Crippen molar-refractivity contribution in [3.05, 3.63) is 46.7 Å². The van der Waals surface area contributed by atoms with Crippen LogP contribution in [0.5, 0.6) is 0 Å². The number of hydrogen-bond donors (Lipinski definition) is 1. The first kappa shape index (κ1) is 15.0. The molecular formula is C15H18FN3O2. The van der Waals surface area contributed by atoms with Crippen LogP contribution in [-0.4, -0.2) is 22.6 Å². The van der Waals surface area contributed by atoms with E-state index in [1.54, 1.807) is 24.5 Å². The number of ether oxygens (including phenoxy) is 1. The van der Waals surface area contributed by atoms with Gasteiger partial charge in [0.2, 0.25) is 0 Å². The van der Waals surface area contributed by atoms with Crippen molar-refractivity contribution in [3.63, 3.8) is 0 Å². The Hall–Kier alpha value is -2.37. The fourth-order valence-electron chi connectivity index (χ4n) is 2.32. The maximum absolute atomic E-state index is 13.7. The zero-order valence-electron chi connectivity index (χ0n) is 12.5. The number of hydrogen-bond acceptors (Lipinski definition) is 4. The van der Waals surface area contributed by atoms with Crippen LogP contribution >= 0.6 is 0 Å². The number of carbonyl (C=O) groups is 1. The smallest absolute Gasteiger partial charge is 0.360 e. The molecule has 0 aliphatic carbocycles. The molecule has 2 aromatic rings. The van der Waals surface area contributed by atoms with Crippen molar-refractivity contribution < 1.29 is 13.9 Å². The van der Waals surface area contributed by atoms with Crippen LogP contribution in [0, 0.1) is 19.7 Å². The first-order valence-corrected chi connectivity index (χ1v) is 6.55. The fraction of sp³-hybridized carbons (Fsp3) is 0.333. The van der Waals surface area contributed by atoms with Gasteiger partial charge in [-0.3, -0.25) is 0 Å². The van der Waals surface area contributed by atoms with Crippen LogP contribution in [0.15, 0.2) is 18.2 Å². The summed E-state index contributed by atoms with van der Waals surface area (Å²) < 4.78 is 20.1. The minimum atomic E-state index is -0.586. The highest BCUT2D eigenvalue weighted by molar-refractivity contribution is 5.92. The Balaban J connectivity index is 2.48. The maximum atomic E-state index is 13.7. The molecule has 1 heterocycles. The largest absolute Gasteiger partial charge is 0.464 e. The van der Waals surface area contributed by atoms with E-state index in [2.05, 4.69) is 9.72 Å². The summed E-state index contributed by atoms with van der Waals surface area (Å²) in [6.07, 6.45) is 0. The van der Waals surface area contributed by atoms with E-state index in [9.17, 15) is 9.18 Å². The zero-order chi connectivity index (χ0) is 15.7. The van der Waals surface area contributed by atoms with Crippen LogP contribution in [0.25, 0.3) is 0 Å². The Morgan fingerprint density at radius 3 is 2.67 bits per heavy atom. The summed E-state index contributed by atoms with van der Waals surface area (Å²) in [5.41, 5.74) is 7.40. The van der Waals surface area contributed by atoms with Crippen molar-refractivity contribution in [1.29, 1.82) is 0 Å². The fourth-order valence-corrected chi connectivity index (χ4v) is 2.32. The number of methoxy groups -OCH3 is 1. The van der Waals surface area contributed by atoms with E-state index in [1.165, 1.54) is 13.2 Å². The van der Waals surface area contributed by atoms with Crippen LogP contribution < -0.4 is 5.73 Å². The van der Waals surface area contributed by atoms with E-state index in [0.717, 1.165) is 5.56 Å². The topological polar surface area (TPSA) is 70.1 Å². The van der Waals surface area contributed by atoms with Gasteiger partial charge in [-0.25, -0.2) is 14.2 Å². The van der Waals surface area contributed by atoms with Crippen molar-refractivity contribution in [2.45, 2.75) is 26.8 Å². The molecule has 0 saturated heterocycles. The number of aromatic nitrogens is 2. The summed E-state index contributed by atoms with van der Waals surface area (Å²) in [4.78, 5) is 15.8. The molecule has 0 radical (unpaired) electrons. The Labute approximate surface area is 122 Å². The van der Waals surface area contributed by atoms with Crippen molar-refractivity contribution in [2.75, 3.05) is 12.8 Å². The molecule has 5 nitrogen and oxygen atoms in total. The molecule has 0 spiro atoms. The minimum absolute atomic E-state index is 0.0782. The summed E-state index contributed by atoms with van der Waals surface area (Å²) in [6.45, 7) is 5.32. The van der Waals surface area contributed by atoms with Crippen LogP contribution in [0.1, 0.15) is 40.4 Å². The predicted molar refractivity (Wildman–Crippen MR) is 77.7 cm³/mol. The van der Waals surface area contributed by atoms with Gasteiger partial charge >= 0.3 is 5.97 Å². The molecule has 2 N–H and O–H groups in total. The predicted octanol–water partition coefficient (Wildman–Crippen LogP) is 2.62. The van der Waals surface area contributed by atoms with Gasteiger partial charge in [0.05, 0.1) is 13.2 Å². The molecule has 21 heavy (non-hydrogen) atoms. The Bertz CT molecular complexity index is 694. The summed E-state index contributed by atoms with van der Waals surface area (Å²) in [7, 11) is 1.27. The highest BCUT2D eigenvalue weighted by Gasteiger charge is 2.23. The lowest BCUT2D eigenvalue weighted by molar-refractivity contribution is 0.0595. The summed E-state index contributed by atoms with van der Waals surface area (Å²) in [5, 5.41) is 0. The second-order valence-corrected chi connectivity index (χ2v) is 4.94. The van der Waals surface area contributed by atoms with Gasteiger partial charge in [0, 0.05) is 0 Å². The summed E-state index contributed by atoms with van der Waals surface area (Å²) in [5.74, 6) is -0.0743. The number of esters is 1. The number of rotatable bonds is 3. The van der Waals surface area contributed by atoms with Gasteiger partial charge in [-0.15, -0.1) is 0 Å². The minimum Gasteiger partial charge on any atom is -0.464 e. The molecule has 0 aliphatic heterocycles. The molecule has 1 atom stereocenters. The average molecular weight is 291 g/mol. The lowest BCUT2D eigenvalue weighted by atomic mass is 10.1. The first-order valence-electron chi connectivity index (χ1n) is 6.55. The van der Waals surface area contributed by atoms with Gasteiger partial charge in [-0.05, 0) is 38.0 Å². The van der Waals surface area contributed by atoms with E-state index in [4.69, 9.17) is 5.73 Å². The van der Waals surface area contributed by atoms with Crippen molar-refractivity contribution in [1.82, 2.24) is 9.55 Å². The number of carbonyl (C=O) groups excluding carboxylic acids is 1. The van der Waals surface area contributed by atoms with Crippen LogP contribution in [-0.2, 0) is 4.74 Å². The standard InChI is InChI=1S/C15H18FN3O2/c1-8-5-6-11(7-12(8)16)9(2)19-10(3)18-13(14(19)17)15(20)21-4/h5-7,9H,17H2,1-4H3. The average Bonchev–Trinajstić information content (AvgIpc) is 2.75. The van der Waals surface area contributed by atoms with Crippen LogP contribution in [0.3, 0.4) is 0 Å². The molecule has 2 rings (SSSR count). The summed E-state index contributed by atoms with van der Waals surface area (Å²) >= 11 is 0. The van der Waals surface area contributed by atoms with E-state index in [-0.39, 0.29) is 23.4 Å². The number of halogens is 1. The van der Waals surface area contributed by atoms with E-state index >= 15 is 0 Å². The third-order valence-corrected chi connectivity index (χ3v) is 3.57. The lowest BCUT2D eigenvalue weighted by Crippen LogP contribution is -2.13. The molecule has 6 heteroatoms. The highest BCUT2D eigenvalue weighted by Crippen LogP contribution is 2.27. The lowest BCUT2D eigenvalue weighted by Gasteiger charge is -2.18. The monoisotopic (exact) mass is 291 g/mol. The third-order valence-electron chi connectivity index (χ3n) is 3.57. The Morgan fingerprint density at radius 2 is 2.10 bits per heavy atom. The zero-order valence-corrected chi connectivity index (χ0v) is 12.5. The maximum Gasteiger partial charge on any atom is 0.360 e. The molecule has 0 bridgehead atoms. The van der Waals surface area contributed by atoms with E-state index < -0.39 is 5.97 Å². The molecule has 1 aromatic heterocycles. The normalized spacial score (nSPS) is 12.2. The molecule has 0 amide bonds. The molecule has 112 valence electrons. The molecule has 1 aromatic carbocycles. The number of aryl methyl sites for hydroxylation is 2. The van der Waals surface area contributed by atoms with E-state index in [0.29, 0.717) is 11.4 Å². The van der Waals surface area contributed by atoms with Gasteiger partial charge in [0.1, 0.15) is 17.5 Å². The second kappa shape index (κ2) is 5.55. The third kappa shape index (κ3) is 2.61. The number of anilines is 1. The SMILES string of the molecule is COC(=O)c1nc(C)n(C(C)c2ccc(C)c(F)c2)c1N. The number of nitrogens with zero attached hydrogens (tertiary/aromatic N) is 2. The number of nitrogen functional groups attached to an aromatic ring is 1.